The molecule has 0 fully saturated rings. The van der Waals surface area contributed by atoms with E-state index in [1.807, 2.05) is 12.1 Å². The van der Waals surface area contributed by atoms with Gasteiger partial charge in [0.05, 0.1) is 0 Å². The first-order valence-electron chi connectivity index (χ1n) is 6.29. The average Bonchev–Trinajstić information content (AvgIpc) is 2.98. The largest absolute Gasteiger partial charge is 0.478 e. The third kappa shape index (κ3) is 3.83. The van der Waals surface area contributed by atoms with Crippen molar-refractivity contribution in [2.75, 3.05) is 0 Å². The van der Waals surface area contributed by atoms with Crippen LogP contribution in [0.15, 0.2) is 53.8 Å². The number of hydrogen-bond donors (Lipinski definition) is 3. The lowest BCUT2D eigenvalue weighted by molar-refractivity contribution is -0.131. The van der Waals surface area contributed by atoms with Crippen LogP contribution in [0.5, 0.6) is 0 Å². The second-order valence-electron chi connectivity index (χ2n) is 4.42. The van der Waals surface area contributed by atoms with Gasteiger partial charge in [-0.1, -0.05) is 0 Å². The maximum atomic E-state index is 12.0. The molecule has 0 atom stereocenters. The van der Waals surface area contributed by atoms with Crippen LogP contribution in [0.1, 0.15) is 15.9 Å². The molecule has 0 saturated heterocycles. The third-order valence-corrected chi connectivity index (χ3v) is 2.74. The Morgan fingerprint density at radius 3 is 2.41 bits per heavy atom. The van der Waals surface area contributed by atoms with E-state index in [0.717, 1.165) is 6.08 Å². The number of rotatable bonds is 4. The second kappa shape index (κ2) is 6.40. The van der Waals surface area contributed by atoms with E-state index in [2.05, 4.69) is 4.99 Å². The van der Waals surface area contributed by atoms with E-state index >= 15 is 0 Å². The first-order valence-corrected chi connectivity index (χ1v) is 6.29. The Labute approximate surface area is 126 Å². The number of carbonyl (C=O) groups excluding carboxylic acids is 1. The summed E-state index contributed by atoms with van der Waals surface area (Å²) in [7, 11) is 0. The van der Waals surface area contributed by atoms with Crippen molar-refractivity contribution in [1.29, 1.82) is 0 Å². The molecule has 0 aliphatic carbocycles. The van der Waals surface area contributed by atoms with Gasteiger partial charge in [-0.3, -0.25) is 4.79 Å². The number of benzene rings is 1. The maximum Gasteiger partial charge on any atom is 0.328 e. The fourth-order valence-electron chi connectivity index (χ4n) is 1.86. The molecular weight excluding hydrogens is 284 g/mol. The molecule has 0 bridgehead atoms. The molecule has 0 spiro atoms. The summed E-state index contributed by atoms with van der Waals surface area (Å²) in [6, 6.07) is 8.54. The molecule has 0 aliphatic heterocycles. The van der Waals surface area contributed by atoms with Crippen LogP contribution in [0.4, 0.5) is 0 Å². The molecule has 0 saturated carbocycles. The van der Waals surface area contributed by atoms with E-state index in [9.17, 15) is 9.59 Å². The quantitative estimate of drug-likeness (QED) is 0.441. The Bertz CT molecular complexity index is 757. The Balaban J connectivity index is 2.51. The molecule has 1 heterocycles. The second-order valence-corrected chi connectivity index (χ2v) is 4.42. The fourth-order valence-corrected chi connectivity index (χ4v) is 1.86. The highest BCUT2D eigenvalue weighted by atomic mass is 16.4. The fraction of sp³-hybridized carbons (Fsp3) is 0. The lowest BCUT2D eigenvalue weighted by Gasteiger charge is -2.07. The number of carboxylic acids is 1. The minimum Gasteiger partial charge on any atom is -0.478 e. The number of carbonyl (C=O) groups is 2. The van der Waals surface area contributed by atoms with Crippen LogP contribution in [0.2, 0.25) is 0 Å². The van der Waals surface area contributed by atoms with Crippen molar-refractivity contribution in [3.05, 3.63) is 59.9 Å². The maximum absolute atomic E-state index is 12.0. The van der Waals surface area contributed by atoms with Gasteiger partial charge in [-0.2, -0.15) is 4.99 Å². The summed E-state index contributed by atoms with van der Waals surface area (Å²) < 4.78 is 1.78. The first kappa shape index (κ1) is 15.0. The number of hydrogen-bond acceptors (Lipinski definition) is 2. The third-order valence-electron chi connectivity index (χ3n) is 2.74. The number of amides is 1. The van der Waals surface area contributed by atoms with Gasteiger partial charge in [-0.05, 0) is 42.0 Å². The molecule has 7 nitrogen and oxygen atoms in total. The van der Waals surface area contributed by atoms with E-state index in [0.29, 0.717) is 11.3 Å². The predicted octanol–water partition coefficient (Wildman–Crippen LogP) is 0.989. The van der Waals surface area contributed by atoms with Gasteiger partial charge in [0.25, 0.3) is 5.91 Å². The van der Waals surface area contributed by atoms with Gasteiger partial charge in [0.2, 0.25) is 0 Å². The zero-order valence-electron chi connectivity index (χ0n) is 11.5. The van der Waals surface area contributed by atoms with E-state index in [1.165, 1.54) is 12.1 Å². The standard InChI is InChI=1S/C15H14N4O3/c16-15(17)18-14(22)11-7-10(3-4-13(20)21)8-12(9-11)19-5-1-2-6-19/h1-9H,(H,20,21)(H4,16,17,18,22). The van der Waals surface area contributed by atoms with Crippen molar-refractivity contribution in [3.8, 4) is 5.69 Å². The van der Waals surface area contributed by atoms with Crippen LogP contribution in [0.25, 0.3) is 11.8 Å². The molecule has 1 aromatic heterocycles. The summed E-state index contributed by atoms with van der Waals surface area (Å²) >= 11 is 0. The van der Waals surface area contributed by atoms with Crippen LogP contribution in [-0.4, -0.2) is 27.5 Å². The van der Waals surface area contributed by atoms with Gasteiger partial charge in [0, 0.05) is 29.7 Å². The van der Waals surface area contributed by atoms with Crippen molar-refractivity contribution in [3.63, 3.8) is 0 Å². The summed E-state index contributed by atoms with van der Waals surface area (Å²) in [5, 5.41) is 8.71. The number of nitrogens with two attached hydrogens (primary N) is 2. The van der Waals surface area contributed by atoms with Crippen LogP contribution in [0.3, 0.4) is 0 Å². The van der Waals surface area contributed by atoms with Gasteiger partial charge < -0.3 is 21.1 Å². The minimum absolute atomic E-state index is 0.254. The number of nitrogens with zero attached hydrogens (tertiary/aromatic N) is 2. The highest BCUT2D eigenvalue weighted by molar-refractivity contribution is 6.02. The van der Waals surface area contributed by atoms with E-state index in [4.69, 9.17) is 16.6 Å². The molecule has 1 amide bonds. The van der Waals surface area contributed by atoms with E-state index in [1.54, 1.807) is 29.1 Å². The number of carboxylic acid groups (broad SMARTS) is 1. The molecule has 2 rings (SSSR count). The van der Waals surface area contributed by atoms with Crippen LogP contribution in [-0.2, 0) is 4.79 Å². The minimum atomic E-state index is -1.08. The summed E-state index contributed by atoms with van der Waals surface area (Å²) in [5.41, 5.74) is 11.9. The summed E-state index contributed by atoms with van der Waals surface area (Å²) in [4.78, 5) is 26.1. The average molecular weight is 298 g/mol. The molecule has 0 radical (unpaired) electrons. The number of aliphatic carboxylic acids is 1. The normalized spacial score (nSPS) is 10.5. The Morgan fingerprint density at radius 2 is 1.82 bits per heavy atom. The molecule has 0 unspecified atom stereocenters. The Hall–Kier alpha value is -3.35. The lowest BCUT2D eigenvalue weighted by atomic mass is 10.1. The van der Waals surface area contributed by atoms with Crippen molar-refractivity contribution >= 4 is 23.9 Å². The Morgan fingerprint density at radius 1 is 1.14 bits per heavy atom. The van der Waals surface area contributed by atoms with E-state index in [-0.39, 0.29) is 11.5 Å². The number of aliphatic imine (C=N–C) groups is 1. The highest BCUT2D eigenvalue weighted by Gasteiger charge is 2.08. The summed E-state index contributed by atoms with van der Waals surface area (Å²) in [5.74, 6) is -2.01. The number of aromatic nitrogens is 1. The topological polar surface area (TPSA) is 124 Å². The van der Waals surface area contributed by atoms with Crippen molar-refractivity contribution in [2.24, 2.45) is 16.5 Å². The van der Waals surface area contributed by atoms with Gasteiger partial charge in [0.1, 0.15) is 0 Å². The molecule has 5 N–H and O–H groups in total. The van der Waals surface area contributed by atoms with Crippen LogP contribution in [0, 0.1) is 0 Å². The zero-order chi connectivity index (χ0) is 16.1. The monoisotopic (exact) mass is 298 g/mol. The SMILES string of the molecule is NC(N)=NC(=O)c1cc(C=CC(=O)O)cc(-n2cccc2)c1. The van der Waals surface area contributed by atoms with Gasteiger partial charge in [-0.15, -0.1) is 0 Å². The Kier molecular flexibility index (Phi) is 4.38. The van der Waals surface area contributed by atoms with Crippen LogP contribution >= 0.6 is 0 Å². The molecule has 1 aromatic carbocycles. The van der Waals surface area contributed by atoms with Gasteiger partial charge in [-0.25, -0.2) is 4.79 Å². The molecule has 7 heteroatoms. The number of guanidine groups is 1. The van der Waals surface area contributed by atoms with Crippen molar-refractivity contribution < 1.29 is 14.7 Å². The van der Waals surface area contributed by atoms with Crippen molar-refractivity contribution in [1.82, 2.24) is 4.57 Å². The first-order chi connectivity index (χ1) is 10.5. The van der Waals surface area contributed by atoms with E-state index < -0.39 is 11.9 Å². The lowest BCUT2D eigenvalue weighted by Crippen LogP contribution is -2.24. The molecular formula is C15H14N4O3. The molecule has 112 valence electrons. The van der Waals surface area contributed by atoms with Crippen molar-refractivity contribution in [2.45, 2.75) is 0 Å². The predicted molar refractivity (Wildman–Crippen MR) is 82.6 cm³/mol. The summed E-state index contributed by atoms with van der Waals surface area (Å²) in [6.45, 7) is 0. The van der Waals surface area contributed by atoms with Crippen LogP contribution < -0.4 is 11.5 Å². The zero-order valence-corrected chi connectivity index (χ0v) is 11.5. The highest BCUT2D eigenvalue weighted by Crippen LogP contribution is 2.17. The summed E-state index contributed by atoms with van der Waals surface area (Å²) in [6.07, 6.45) is 5.98. The van der Waals surface area contributed by atoms with Gasteiger partial charge >= 0.3 is 5.97 Å². The smallest absolute Gasteiger partial charge is 0.328 e. The molecule has 22 heavy (non-hydrogen) atoms. The molecule has 2 aromatic rings. The van der Waals surface area contributed by atoms with Gasteiger partial charge in [0.15, 0.2) is 5.96 Å². The molecule has 0 aliphatic rings.